The summed E-state index contributed by atoms with van der Waals surface area (Å²) >= 11 is 0. The molecule has 4 heteroatoms. The number of nitrogens with zero attached hydrogens (tertiary/aromatic N) is 2. The largest absolute Gasteiger partial charge is 0.402 e. The Morgan fingerprint density at radius 3 is 1.93 bits per heavy atom. The summed E-state index contributed by atoms with van der Waals surface area (Å²) in [7, 11) is 0. The van der Waals surface area contributed by atoms with Crippen molar-refractivity contribution in [1.82, 2.24) is 9.97 Å². The van der Waals surface area contributed by atoms with Gasteiger partial charge in [-0.3, -0.25) is 0 Å². The van der Waals surface area contributed by atoms with E-state index in [-0.39, 0.29) is 5.88 Å². The number of carbonyl (C=O) groups is 1. The molecule has 0 spiro atoms. The lowest BCUT2D eigenvalue weighted by molar-refractivity contribution is 0.0727. The predicted molar refractivity (Wildman–Crippen MR) is 107 cm³/mol. The molecule has 0 saturated heterocycles. The number of ether oxygens (including phenoxy) is 1. The highest BCUT2D eigenvalue weighted by Crippen LogP contribution is 2.19. The van der Waals surface area contributed by atoms with Gasteiger partial charge >= 0.3 is 5.97 Å². The van der Waals surface area contributed by atoms with Crippen molar-refractivity contribution in [3.05, 3.63) is 77.6 Å². The second-order valence-electron chi connectivity index (χ2n) is 6.52. The molecule has 0 aliphatic rings. The Bertz CT molecular complexity index is 870. The van der Waals surface area contributed by atoms with Crippen molar-refractivity contribution < 1.29 is 9.53 Å². The third-order valence-corrected chi connectivity index (χ3v) is 4.34. The molecule has 0 saturated carbocycles. The lowest BCUT2D eigenvalue weighted by Gasteiger charge is -2.06. The van der Waals surface area contributed by atoms with Crippen LogP contribution in [0.4, 0.5) is 0 Å². The Morgan fingerprint density at radius 1 is 0.815 bits per heavy atom. The van der Waals surface area contributed by atoms with E-state index in [0.29, 0.717) is 5.56 Å². The summed E-state index contributed by atoms with van der Waals surface area (Å²) in [6, 6.07) is 15.8. The molecule has 0 atom stereocenters. The molecule has 3 rings (SSSR count). The molecule has 4 nitrogen and oxygen atoms in total. The zero-order valence-corrected chi connectivity index (χ0v) is 15.8. The maximum atomic E-state index is 12.2. The molecule has 1 heterocycles. The number of hydrogen-bond acceptors (Lipinski definition) is 4. The average Bonchev–Trinajstić information content (AvgIpc) is 2.70. The summed E-state index contributed by atoms with van der Waals surface area (Å²) in [6.07, 6.45) is 7.38. The summed E-state index contributed by atoms with van der Waals surface area (Å²) in [5.41, 5.74) is 4.77. The molecule has 1 aromatic heterocycles. The molecule has 2 aromatic carbocycles. The van der Waals surface area contributed by atoms with Gasteiger partial charge in [0.25, 0.3) is 0 Å². The molecule has 0 aliphatic heterocycles. The average molecular weight is 360 g/mol. The molecule has 0 aliphatic carbocycles. The normalized spacial score (nSPS) is 10.6. The first kappa shape index (κ1) is 18.8. The Balaban J connectivity index is 1.65. The summed E-state index contributed by atoms with van der Waals surface area (Å²) in [4.78, 5) is 20.8. The highest BCUT2D eigenvalue weighted by Gasteiger charge is 2.10. The van der Waals surface area contributed by atoms with E-state index in [9.17, 15) is 4.79 Å². The minimum absolute atomic E-state index is 0.198. The number of benzene rings is 2. The molecule has 138 valence electrons. The standard InChI is InChI=1S/C23H24N2O2/c1-3-5-17-7-11-19(12-8-17)21-15-25-22(16-24-21)27-23(26)20-13-9-18(6-4-2)10-14-20/h7-16H,3-6H2,1-2H3. The van der Waals surface area contributed by atoms with E-state index in [0.717, 1.165) is 36.9 Å². The number of carbonyl (C=O) groups excluding carboxylic acids is 1. The van der Waals surface area contributed by atoms with Crippen LogP contribution >= 0.6 is 0 Å². The maximum absolute atomic E-state index is 12.2. The fraction of sp³-hybridized carbons (Fsp3) is 0.261. The predicted octanol–water partition coefficient (Wildman–Crippen LogP) is 5.27. The van der Waals surface area contributed by atoms with Gasteiger partial charge in [-0.1, -0.05) is 63.1 Å². The maximum Gasteiger partial charge on any atom is 0.344 e. The first-order valence-electron chi connectivity index (χ1n) is 9.42. The minimum atomic E-state index is -0.427. The van der Waals surface area contributed by atoms with Crippen LogP contribution in [-0.4, -0.2) is 15.9 Å². The van der Waals surface area contributed by atoms with E-state index in [4.69, 9.17) is 4.74 Å². The first-order chi connectivity index (χ1) is 13.2. The van der Waals surface area contributed by atoms with Crippen molar-refractivity contribution in [3.8, 4) is 17.1 Å². The lowest BCUT2D eigenvalue weighted by atomic mass is 10.1. The molecule has 27 heavy (non-hydrogen) atoms. The number of esters is 1. The Morgan fingerprint density at radius 2 is 1.41 bits per heavy atom. The van der Waals surface area contributed by atoms with E-state index in [1.807, 2.05) is 24.3 Å². The van der Waals surface area contributed by atoms with Gasteiger partial charge in [0.2, 0.25) is 5.88 Å². The zero-order chi connectivity index (χ0) is 19.1. The molecular weight excluding hydrogens is 336 g/mol. The van der Waals surface area contributed by atoms with E-state index in [2.05, 4.69) is 35.9 Å². The lowest BCUT2D eigenvalue weighted by Crippen LogP contribution is -2.09. The quantitative estimate of drug-likeness (QED) is 0.539. The number of aromatic nitrogens is 2. The number of hydrogen-bond donors (Lipinski definition) is 0. The molecule has 0 radical (unpaired) electrons. The van der Waals surface area contributed by atoms with Gasteiger partial charge in [0.15, 0.2) is 0 Å². The van der Waals surface area contributed by atoms with Crippen LogP contribution < -0.4 is 4.74 Å². The minimum Gasteiger partial charge on any atom is -0.402 e. The fourth-order valence-electron chi connectivity index (χ4n) is 2.90. The summed E-state index contributed by atoms with van der Waals surface area (Å²) in [5, 5.41) is 0. The molecule has 0 bridgehead atoms. The fourth-order valence-corrected chi connectivity index (χ4v) is 2.90. The highest BCUT2D eigenvalue weighted by molar-refractivity contribution is 5.90. The molecular formula is C23H24N2O2. The molecule has 0 unspecified atom stereocenters. The third-order valence-electron chi connectivity index (χ3n) is 4.34. The first-order valence-corrected chi connectivity index (χ1v) is 9.42. The molecule has 0 N–H and O–H groups in total. The Kier molecular flexibility index (Phi) is 6.31. The van der Waals surface area contributed by atoms with E-state index in [1.165, 1.54) is 17.3 Å². The molecule has 3 aromatic rings. The van der Waals surface area contributed by atoms with Crippen LogP contribution in [0.15, 0.2) is 60.9 Å². The van der Waals surface area contributed by atoms with E-state index >= 15 is 0 Å². The van der Waals surface area contributed by atoms with Crippen molar-refractivity contribution in [2.24, 2.45) is 0 Å². The van der Waals surface area contributed by atoms with E-state index in [1.54, 1.807) is 18.3 Å². The van der Waals surface area contributed by atoms with Crippen LogP contribution in [0.25, 0.3) is 11.3 Å². The van der Waals surface area contributed by atoms with Gasteiger partial charge in [0.05, 0.1) is 23.7 Å². The van der Waals surface area contributed by atoms with Crippen molar-refractivity contribution in [2.75, 3.05) is 0 Å². The number of rotatable bonds is 7. The number of aryl methyl sites for hydroxylation is 2. The van der Waals surface area contributed by atoms with Crippen LogP contribution in [0.2, 0.25) is 0 Å². The van der Waals surface area contributed by atoms with Crippen molar-refractivity contribution in [2.45, 2.75) is 39.5 Å². The van der Waals surface area contributed by atoms with Crippen molar-refractivity contribution in [3.63, 3.8) is 0 Å². The van der Waals surface area contributed by atoms with Crippen LogP contribution in [0.1, 0.15) is 48.2 Å². The third kappa shape index (κ3) is 5.00. The Labute approximate surface area is 160 Å². The van der Waals surface area contributed by atoms with Crippen LogP contribution in [-0.2, 0) is 12.8 Å². The van der Waals surface area contributed by atoms with Crippen LogP contribution in [0.3, 0.4) is 0 Å². The highest BCUT2D eigenvalue weighted by atomic mass is 16.5. The second kappa shape index (κ2) is 9.08. The van der Waals surface area contributed by atoms with Gasteiger partial charge < -0.3 is 4.74 Å². The van der Waals surface area contributed by atoms with Gasteiger partial charge in [0, 0.05) is 5.56 Å². The van der Waals surface area contributed by atoms with Gasteiger partial charge in [-0.15, -0.1) is 0 Å². The zero-order valence-electron chi connectivity index (χ0n) is 15.8. The topological polar surface area (TPSA) is 52.1 Å². The van der Waals surface area contributed by atoms with Gasteiger partial charge in [-0.05, 0) is 36.1 Å². The van der Waals surface area contributed by atoms with Crippen molar-refractivity contribution >= 4 is 5.97 Å². The SMILES string of the molecule is CCCc1ccc(C(=O)Oc2cnc(-c3ccc(CCC)cc3)cn2)cc1. The smallest absolute Gasteiger partial charge is 0.344 e. The van der Waals surface area contributed by atoms with Crippen molar-refractivity contribution in [1.29, 1.82) is 0 Å². The molecule has 0 fully saturated rings. The Hall–Kier alpha value is -3.01. The van der Waals surface area contributed by atoms with Crippen LogP contribution in [0.5, 0.6) is 5.88 Å². The van der Waals surface area contributed by atoms with Gasteiger partial charge in [-0.2, -0.15) is 0 Å². The monoisotopic (exact) mass is 360 g/mol. The molecule has 0 amide bonds. The van der Waals surface area contributed by atoms with Crippen LogP contribution in [0, 0.1) is 0 Å². The summed E-state index contributed by atoms with van der Waals surface area (Å²) < 4.78 is 5.33. The second-order valence-corrected chi connectivity index (χ2v) is 6.52. The summed E-state index contributed by atoms with van der Waals surface area (Å²) in [5.74, 6) is -0.229. The van der Waals surface area contributed by atoms with Gasteiger partial charge in [0.1, 0.15) is 0 Å². The van der Waals surface area contributed by atoms with E-state index < -0.39 is 5.97 Å². The van der Waals surface area contributed by atoms with Gasteiger partial charge in [-0.25, -0.2) is 14.8 Å². The summed E-state index contributed by atoms with van der Waals surface area (Å²) in [6.45, 7) is 4.29.